The normalized spacial score (nSPS) is 12.6. The highest BCUT2D eigenvalue weighted by Gasteiger charge is 2.11. The summed E-state index contributed by atoms with van der Waals surface area (Å²) in [6.07, 6.45) is 3.30. The van der Waals surface area contributed by atoms with Gasteiger partial charge in [0.25, 0.3) is 0 Å². The van der Waals surface area contributed by atoms with Gasteiger partial charge in [-0.1, -0.05) is 24.3 Å². The Kier molecular flexibility index (Phi) is 3.31. The molecule has 4 heteroatoms. The van der Waals surface area contributed by atoms with Gasteiger partial charge in [0.1, 0.15) is 12.7 Å². The molecule has 1 heterocycles. The van der Waals surface area contributed by atoms with Crippen molar-refractivity contribution >= 4 is 0 Å². The van der Waals surface area contributed by atoms with E-state index in [9.17, 15) is 0 Å². The first kappa shape index (κ1) is 10.8. The van der Waals surface area contributed by atoms with Crippen molar-refractivity contribution in [3.8, 4) is 0 Å². The van der Waals surface area contributed by atoms with Crippen LogP contribution in [0.4, 0.5) is 0 Å². The number of nitrogens with one attached hydrogen (secondary N) is 1. The van der Waals surface area contributed by atoms with Gasteiger partial charge in [-0.2, -0.15) is 5.10 Å². The lowest BCUT2D eigenvalue weighted by Gasteiger charge is -2.18. The van der Waals surface area contributed by atoms with Crippen molar-refractivity contribution in [1.82, 2.24) is 20.1 Å². The molecule has 0 aliphatic rings. The molecule has 0 amide bonds. The molecular weight excluding hydrogens is 200 g/mol. The monoisotopic (exact) mass is 216 g/mol. The fourth-order valence-electron chi connectivity index (χ4n) is 1.84. The first-order valence-electron chi connectivity index (χ1n) is 5.36. The maximum Gasteiger partial charge on any atom is 0.137 e. The van der Waals surface area contributed by atoms with Crippen LogP contribution < -0.4 is 5.32 Å². The lowest BCUT2D eigenvalue weighted by molar-refractivity contribution is 0.466. The van der Waals surface area contributed by atoms with E-state index >= 15 is 0 Å². The van der Waals surface area contributed by atoms with Crippen LogP contribution in [0.1, 0.15) is 17.2 Å². The van der Waals surface area contributed by atoms with Crippen molar-refractivity contribution in [1.29, 1.82) is 0 Å². The van der Waals surface area contributed by atoms with E-state index in [1.807, 2.05) is 11.7 Å². The Morgan fingerprint density at radius 1 is 1.38 bits per heavy atom. The highest BCUT2D eigenvalue weighted by molar-refractivity contribution is 5.28. The Morgan fingerprint density at radius 2 is 2.19 bits per heavy atom. The molecule has 1 aromatic heterocycles. The minimum absolute atomic E-state index is 0.267. The Hall–Kier alpha value is -1.68. The molecule has 84 valence electrons. The molecule has 1 aromatic carbocycles. The minimum Gasteiger partial charge on any atom is -0.311 e. The van der Waals surface area contributed by atoms with Gasteiger partial charge in [0.2, 0.25) is 0 Å². The highest BCUT2D eigenvalue weighted by Crippen LogP contribution is 2.18. The Balaban J connectivity index is 2.20. The molecular formula is C12H16N4. The molecule has 16 heavy (non-hydrogen) atoms. The smallest absolute Gasteiger partial charge is 0.137 e. The van der Waals surface area contributed by atoms with Crippen molar-refractivity contribution in [3.05, 3.63) is 48.0 Å². The zero-order valence-electron chi connectivity index (χ0n) is 9.59. The Bertz CT molecular complexity index is 436. The van der Waals surface area contributed by atoms with Crippen LogP contribution in [-0.2, 0) is 6.54 Å². The molecule has 1 atom stereocenters. The highest BCUT2D eigenvalue weighted by atomic mass is 15.3. The lowest BCUT2D eigenvalue weighted by atomic mass is 10.0. The van der Waals surface area contributed by atoms with Crippen LogP contribution >= 0.6 is 0 Å². The zero-order chi connectivity index (χ0) is 11.4. The summed E-state index contributed by atoms with van der Waals surface area (Å²) >= 11 is 0. The predicted octanol–water partition coefficient (Wildman–Crippen LogP) is 1.55. The van der Waals surface area contributed by atoms with E-state index in [4.69, 9.17) is 0 Å². The van der Waals surface area contributed by atoms with Crippen molar-refractivity contribution in [3.63, 3.8) is 0 Å². The number of hydrogen-bond acceptors (Lipinski definition) is 3. The summed E-state index contributed by atoms with van der Waals surface area (Å²) < 4.78 is 1.84. The molecule has 2 aromatic rings. The average Bonchev–Trinajstić information content (AvgIpc) is 2.80. The number of aromatic nitrogens is 3. The molecule has 0 fully saturated rings. The van der Waals surface area contributed by atoms with E-state index in [-0.39, 0.29) is 6.04 Å². The maximum atomic E-state index is 4.12. The summed E-state index contributed by atoms with van der Waals surface area (Å²) in [5.74, 6) is 0. The second kappa shape index (κ2) is 4.90. The molecule has 0 saturated heterocycles. The first-order chi connectivity index (χ1) is 7.81. The van der Waals surface area contributed by atoms with Crippen LogP contribution in [0.2, 0.25) is 0 Å². The van der Waals surface area contributed by atoms with Crippen LogP contribution in [0, 0.1) is 6.92 Å². The summed E-state index contributed by atoms with van der Waals surface area (Å²) in [5, 5.41) is 7.43. The SMILES string of the molecule is CNC(Cn1cncn1)c1ccccc1C. The molecule has 0 aliphatic carbocycles. The number of rotatable bonds is 4. The summed E-state index contributed by atoms with van der Waals surface area (Å²) in [6, 6.07) is 8.66. The van der Waals surface area contributed by atoms with E-state index < -0.39 is 0 Å². The molecule has 0 saturated carbocycles. The van der Waals surface area contributed by atoms with E-state index in [0.29, 0.717) is 0 Å². The largest absolute Gasteiger partial charge is 0.311 e. The molecule has 0 spiro atoms. The van der Waals surface area contributed by atoms with Crippen LogP contribution in [0.25, 0.3) is 0 Å². The molecule has 1 N–H and O–H groups in total. The number of likely N-dealkylation sites (N-methyl/N-ethyl adjacent to an activating group) is 1. The van der Waals surface area contributed by atoms with Gasteiger partial charge in [0, 0.05) is 0 Å². The van der Waals surface area contributed by atoms with E-state index in [1.165, 1.54) is 11.1 Å². The fourth-order valence-corrected chi connectivity index (χ4v) is 1.84. The molecule has 0 bridgehead atoms. The summed E-state index contributed by atoms with van der Waals surface area (Å²) in [5.41, 5.74) is 2.60. The van der Waals surface area contributed by atoms with Crippen LogP contribution in [0.5, 0.6) is 0 Å². The van der Waals surface area contributed by atoms with Gasteiger partial charge in [0.05, 0.1) is 12.6 Å². The average molecular weight is 216 g/mol. The second-order valence-electron chi connectivity index (χ2n) is 3.82. The summed E-state index contributed by atoms with van der Waals surface area (Å²) in [7, 11) is 1.97. The number of nitrogens with zero attached hydrogens (tertiary/aromatic N) is 3. The minimum atomic E-state index is 0.267. The lowest BCUT2D eigenvalue weighted by Crippen LogP contribution is -2.23. The fraction of sp³-hybridized carbons (Fsp3) is 0.333. The van der Waals surface area contributed by atoms with E-state index in [2.05, 4.69) is 46.6 Å². The molecule has 2 rings (SSSR count). The second-order valence-corrected chi connectivity index (χ2v) is 3.82. The van der Waals surface area contributed by atoms with Gasteiger partial charge in [-0.3, -0.25) is 4.68 Å². The molecule has 1 unspecified atom stereocenters. The van der Waals surface area contributed by atoms with Gasteiger partial charge in [0.15, 0.2) is 0 Å². The standard InChI is InChI=1S/C12H16N4/c1-10-5-3-4-6-11(10)12(13-2)7-16-9-14-8-15-16/h3-6,8-9,12-13H,7H2,1-2H3. The predicted molar refractivity (Wildman–Crippen MR) is 63.0 cm³/mol. The van der Waals surface area contributed by atoms with Crippen molar-refractivity contribution in [2.24, 2.45) is 0 Å². The van der Waals surface area contributed by atoms with Gasteiger partial charge >= 0.3 is 0 Å². The molecule has 4 nitrogen and oxygen atoms in total. The van der Waals surface area contributed by atoms with Crippen LogP contribution in [-0.4, -0.2) is 21.8 Å². The third-order valence-electron chi connectivity index (χ3n) is 2.75. The Labute approximate surface area is 95.3 Å². The van der Waals surface area contributed by atoms with Gasteiger partial charge < -0.3 is 5.32 Å². The molecule has 0 radical (unpaired) electrons. The summed E-state index contributed by atoms with van der Waals surface area (Å²) in [6.45, 7) is 2.92. The van der Waals surface area contributed by atoms with Crippen molar-refractivity contribution in [2.45, 2.75) is 19.5 Å². The Morgan fingerprint density at radius 3 is 2.81 bits per heavy atom. The quantitative estimate of drug-likeness (QED) is 0.843. The van der Waals surface area contributed by atoms with Gasteiger partial charge in [-0.25, -0.2) is 4.98 Å². The third kappa shape index (κ3) is 2.28. The first-order valence-corrected chi connectivity index (χ1v) is 5.36. The topological polar surface area (TPSA) is 42.7 Å². The van der Waals surface area contributed by atoms with Gasteiger partial charge in [-0.05, 0) is 25.1 Å². The van der Waals surface area contributed by atoms with Crippen LogP contribution in [0.15, 0.2) is 36.9 Å². The third-order valence-corrected chi connectivity index (χ3v) is 2.75. The number of aryl methyl sites for hydroxylation is 1. The number of hydrogen-bond donors (Lipinski definition) is 1. The number of benzene rings is 1. The van der Waals surface area contributed by atoms with Gasteiger partial charge in [-0.15, -0.1) is 0 Å². The van der Waals surface area contributed by atoms with Crippen molar-refractivity contribution < 1.29 is 0 Å². The van der Waals surface area contributed by atoms with E-state index in [1.54, 1.807) is 12.7 Å². The summed E-state index contributed by atoms with van der Waals surface area (Å²) in [4.78, 5) is 3.95. The zero-order valence-corrected chi connectivity index (χ0v) is 9.59. The molecule has 0 aliphatic heterocycles. The van der Waals surface area contributed by atoms with E-state index in [0.717, 1.165) is 6.54 Å². The van der Waals surface area contributed by atoms with Crippen molar-refractivity contribution in [2.75, 3.05) is 7.05 Å². The van der Waals surface area contributed by atoms with Crippen LogP contribution in [0.3, 0.4) is 0 Å². The maximum absolute atomic E-state index is 4.12.